The van der Waals surface area contributed by atoms with Crippen LogP contribution in [0.4, 0.5) is 0 Å². The fourth-order valence-corrected chi connectivity index (χ4v) is 2.12. The van der Waals surface area contributed by atoms with E-state index in [1.54, 1.807) is 0 Å². The van der Waals surface area contributed by atoms with Gasteiger partial charge in [-0.15, -0.1) is 0 Å². The molecule has 0 saturated heterocycles. The quantitative estimate of drug-likeness (QED) is 0.664. The lowest BCUT2D eigenvalue weighted by atomic mass is 9.95. The zero-order valence-electron chi connectivity index (χ0n) is 8.59. The molecule has 0 heterocycles. The minimum absolute atomic E-state index is 0.161. The van der Waals surface area contributed by atoms with Gasteiger partial charge < -0.3 is 5.73 Å². The molecule has 0 amide bonds. The summed E-state index contributed by atoms with van der Waals surface area (Å²) < 4.78 is 0. The van der Waals surface area contributed by atoms with Gasteiger partial charge in [-0.3, -0.25) is 4.79 Å². The van der Waals surface area contributed by atoms with Gasteiger partial charge >= 0.3 is 0 Å². The first kappa shape index (κ1) is 10.7. The Bertz CT molecular complexity index is 167. The largest absolute Gasteiger partial charge is 0.327 e. The number of unbranched alkanes of at least 4 members (excludes halogenated alkanes) is 2. The Morgan fingerprint density at radius 2 is 2.15 bits per heavy atom. The van der Waals surface area contributed by atoms with Crippen molar-refractivity contribution in [3.05, 3.63) is 0 Å². The van der Waals surface area contributed by atoms with Gasteiger partial charge in [0.25, 0.3) is 0 Å². The van der Waals surface area contributed by atoms with Crippen molar-refractivity contribution in [3.63, 3.8) is 0 Å². The summed E-state index contributed by atoms with van der Waals surface area (Å²) in [5.74, 6) is 0.607. The third-order valence-corrected chi connectivity index (χ3v) is 3.01. The standard InChI is InChI=1S/C11H21NO/c1-2-3-4-8-11(13)9-6-5-7-10(9)12/h9-10H,2-8,12H2,1H3. The molecule has 0 spiro atoms. The lowest BCUT2D eigenvalue weighted by molar-refractivity contribution is -0.123. The van der Waals surface area contributed by atoms with E-state index in [4.69, 9.17) is 5.73 Å². The topological polar surface area (TPSA) is 43.1 Å². The molecule has 0 aromatic heterocycles. The molecule has 2 heteroatoms. The van der Waals surface area contributed by atoms with Crippen molar-refractivity contribution in [1.29, 1.82) is 0 Å². The van der Waals surface area contributed by atoms with E-state index in [1.165, 1.54) is 12.8 Å². The number of rotatable bonds is 5. The van der Waals surface area contributed by atoms with Crippen LogP contribution in [0.1, 0.15) is 51.9 Å². The smallest absolute Gasteiger partial charge is 0.137 e. The molecule has 1 fully saturated rings. The van der Waals surface area contributed by atoms with Crippen LogP contribution in [0, 0.1) is 5.92 Å². The number of nitrogens with two attached hydrogens (primary N) is 1. The van der Waals surface area contributed by atoms with E-state index < -0.39 is 0 Å². The Balaban J connectivity index is 2.22. The van der Waals surface area contributed by atoms with Crippen LogP contribution in [0.25, 0.3) is 0 Å². The maximum absolute atomic E-state index is 11.7. The maximum atomic E-state index is 11.7. The summed E-state index contributed by atoms with van der Waals surface area (Å²) in [4.78, 5) is 11.7. The lowest BCUT2D eigenvalue weighted by Gasteiger charge is -2.13. The normalized spacial score (nSPS) is 27.8. The fraction of sp³-hybridized carbons (Fsp3) is 0.909. The second-order valence-corrected chi connectivity index (χ2v) is 4.12. The monoisotopic (exact) mass is 183 g/mol. The van der Waals surface area contributed by atoms with Crippen LogP contribution < -0.4 is 5.73 Å². The van der Waals surface area contributed by atoms with E-state index in [-0.39, 0.29) is 12.0 Å². The minimum Gasteiger partial charge on any atom is -0.327 e. The van der Waals surface area contributed by atoms with Crippen LogP contribution in [0.2, 0.25) is 0 Å². The van der Waals surface area contributed by atoms with E-state index >= 15 is 0 Å². The van der Waals surface area contributed by atoms with Crippen molar-refractivity contribution < 1.29 is 4.79 Å². The molecule has 2 atom stereocenters. The van der Waals surface area contributed by atoms with Crippen molar-refractivity contribution >= 4 is 5.78 Å². The van der Waals surface area contributed by atoms with Gasteiger partial charge in [0.1, 0.15) is 5.78 Å². The van der Waals surface area contributed by atoms with Crippen LogP contribution in [-0.2, 0) is 4.79 Å². The zero-order chi connectivity index (χ0) is 9.68. The van der Waals surface area contributed by atoms with Crippen molar-refractivity contribution in [1.82, 2.24) is 0 Å². The molecule has 0 radical (unpaired) electrons. The Labute approximate surface area is 80.9 Å². The highest BCUT2D eigenvalue weighted by Crippen LogP contribution is 2.26. The number of carbonyl (C=O) groups is 1. The highest BCUT2D eigenvalue weighted by atomic mass is 16.1. The molecule has 1 saturated carbocycles. The molecule has 2 nitrogen and oxygen atoms in total. The Hall–Kier alpha value is -0.370. The SMILES string of the molecule is CCCCCC(=O)C1CCCC1N. The average molecular weight is 183 g/mol. The Morgan fingerprint density at radius 1 is 1.38 bits per heavy atom. The van der Waals surface area contributed by atoms with Gasteiger partial charge in [0, 0.05) is 18.4 Å². The van der Waals surface area contributed by atoms with E-state index in [9.17, 15) is 4.79 Å². The summed E-state index contributed by atoms with van der Waals surface area (Å²) >= 11 is 0. The fourth-order valence-electron chi connectivity index (χ4n) is 2.12. The van der Waals surface area contributed by atoms with Crippen LogP contribution in [-0.4, -0.2) is 11.8 Å². The van der Waals surface area contributed by atoms with Crippen LogP contribution in [0.15, 0.2) is 0 Å². The minimum atomic E-state index is 0.161. The Kier molecular flexibility index (Phi) is 4.43. The molecule has 0 aromatic rings. The molecular formula is C11H21NO. The van der Waals surface area contributed by atoms with Gasteiger partial charge in [-0.25, -0.2) is 0 Å². The van der Waals surface area contributed by atoms with Gasteiger partial charge in [-0.05, 0) is 19.3 Å². The molecule has 0 aliphatic heterocycles. The summed E-state index contributed by atoms with van der Waals surface area (Å²) in [6.07, 6.45) is 7.39. The van der Waals surface area contributed by atoms with Crippen LogP contribution in [0.5, 0.6) is 0 Å². The van der Waals surface area contributed by atoms with Gasteiger partial charge in [-0.1, -0.05) is 26.2 Å². The molecule has 1 aliphatic rings. The predicted octanol–water partition coefficient (Wildman–Crippen LogP) is 2.26. The number of Topliss-reactive ketones (excluding diaryl/α,β-unsaturated/α-hetero) is 1. The van der Waals surface area contributed by atoms with Crippen LogP contribution >= 0.6 is 0 Å². The van der Waals surface area contributed by atoms with Crippen molar-refractivity contribution in [2.45, 2.75) is 57.9 Å². The lowest BCUT2D eigenvalue weighted by Crippen LogP contribution is -2.30. The van der Waals surface area contributed by atoms with Gasteiger partial charge in [0.05, 0.1) is 0 Å². The van der Waals surface area contributed by atoms with Gasteiger partial charge in [0.2, 0.25) is 0 Å². The first-order valence-corrected chi connectivity index (χ1v) is 5.54. The summed E-state index contributed by atoms with van der Waals surface area (Å²) in [5.41, 5.74) is 5.86. The molecule has 0 bridgehead atoms. The molecule has 2 N–H and O–H groups in total. The van der Waals surface area contributed by atoms with Gasteiger partial charge in [-0.2, -0.15) is 0 Å². The number of hydrogen-bond donors (Lipinski definition) is 1. The molecule has 0 aromatic carbocycles. The number of hydrogen-bond acceptors (Lipinski definition) is 2. The van der Waals surface area contributed by atoms with Gasteiger partial charge in [0.15, 0.2) is 0 Å². The summed E-state index contributed by atoms with van der Waals surface area (Å²) in [6, 6.07) is 0.161. The predicted molar refractivity (Wildman–Crippen MR) is 54.5 cm³/mol. The molecule has 76 valence electrons. The zero-order valence-corrected chi connectivity index (χ0v) is 8.59. The maximum Gasteiger partial charge on any atom is 0.137 e. The molecular weight excluding hydrogens is 162 g/mol. The molecule has 1 aliphatic carbocycles. The highest BCUT2D eigenvalue weighted by Gasteiger charge is 2.29. The summed E-state index contributed by atoms with van der Waals surface area (Å²) in [5, 5.41) is 0. The summed E-state index contributed by atoms with van der Waals surface area (Å²) in [7, 11) is 0. The van der Waals surface area contributed by atoms with E-state index in [1.807, 2.05) is 0 Å². The molecule has 2 unspecified atom stereocenters. The highest BCUT2D eigenvalue weighted by molar-refractivity contribution is 5.81. The van der Waals surface area contributed by atoms with Crippen LogP contribution in [0.3, 0.4) is 0 Å². The van der Waals surface area contributed by atoms with E-state index in [0.717, 1.165) is 32.1 Å². The van der Waals surface area contributed by atoms with Crippen molar-refractivity contribution in [3.8, 4) is 0 Å². The first-order valence-electron chi connectivity index (χ1n) is 5.54. The summed E-state index contributed by atoms with van der Waals surface area (Å²) in [6.45, 7) is 2.16. The first-order chi connectivity index (χ1) is 6.25. The van der Waals surface area contributed by atoms with E-state index in [2.05, 4.69) is 6.92 Å². The number of carbonyl (C=O) groups excluding carboxylic acids is 1. The van der Waals surface area contributed by atoms with Crippen molar-refractivity contribution in [2.24, 2.45) is 11.7 Å². The second-order valence-electron chi connectivity index (χ2n) is 4.12. The Morgan fingerprint density at radius 3 is 2.69 bits per heavy atom. The number of ketones is 1. The van der Waals surface area contributed by atoms with E-state index in [0.29, 0.717) is 5.78 Å². The average Bonchev–Trinajstić information content (AvgIpc) is 2.52. The molecule has 13 heavy (non-hydrogen) atoms. The third kappa shape index (κ3) is 3.11. The molecule has 1 rings (SSSR count). The van der Waals surface area contributed by atoms with Crippen molar-refractivity contribution in [2.75, 3.05) is 0 Å². The second kappa shape index (κ2) is 5.38. The third-order valence-electron chi connectivity index (χ3n) is 3.01.